The van der Waals surface area contributed by atoms with E-state index in [1.807, 2.05) is 6.92 Å². The van der Waals surface area contributed by atoms with Crippen LogP contribution >= 0.6 is 34.5 Å². The summed E-state index contributed by atoms with van der Waals surface area (Å²) in [6.45, 7) is 1.85. The molecular weight excluding hydrogens is 321 g/mol. The maximum atomic E-state index is 10.8. The van der Waals surface area contributed by atoms with E-state index in [4.69, 9.17) is 34.0 Å². The first-order chi connectivity index (χ1) is 9.38. The lowest BCUT2D eigenvalue weighted by Crippen LogP contribution is -2.20. The van der Waals surface area contributed by atoms with Crippen LogP contribution in [0.1, 0.15) is 17.3 Å². The molecule has 0 bridgehead atoms. The molecule has 1 atom stereocenters. The quantitative estimate of drug-likeness (QED) is 0.796. The summed E-state index contributed by atoms with van der Waals surface area (Å²) in [5.41, 5.74) is 7.25. The van der Waals surface area contributed by atoms with Crippen molar-refractivity contribution in [3.05, 3.63) is 38.8 Å². The molecule has 20 heavy (non-hydrogen) atoms. The van der Waals surface area contributed by atoms with Gasteiger partial charge in [0.05, 0.1) is 16.4 Å². The minimum atomic E-state index is -1.14. The molecule has 0 radical (unpaired) electrons. The molecule has 8 heteroatoms. The molecule has 2 aromatic rings. The van der Waals surface area contributed by atoms with Gasteiger partial charge in [-0.25, -0.2) is 4.98 Å². The highest BCUT2D eigenvalue weighted by Crippen LogP contribution is 2.32. The second-order valence-electron chi connectivity index (χ2n) is 4.10. The number of hydrogen-bond donors (Lipinski definition) is 3. The first-order valence-electron chi connectivity index (χ1n) is 5.55. The van der Waals surface area contributed by atoms with Gasteiger partial charge in [-0.1, -0.05) is 23.2 Å². The Morgan fingerprint density at radius 3 is 2.80 bits per heavy atom. The number of aryl methyl sites for hydroxylation is 1. The van der Waals surface area contributed by atoms with Crippen LogP contribution in [0.5, 0.6) is 0 Å². The Balaban J connectivity index is 2.23. The van der Waals surface area contributed by atoms with Crippen molar-refractivity contribution in [2.75, 3.05) is 5.32 Å². The largest absolute Gasteiger partial charge is 0.480 e. The van der Waals surface area contributed by atoms with E-state index in [9.17, 15) is 4.79 Å². The molecule has 0 saturated carbocycles. The number of rotatable bonds is 4. The van der Waals surface area contributed by atoms with Crippen LogP contribution in [0, 0.1) is 6.92 Å². The monoisotopic (exact) mass is 331 g/mol. The van der Waals surface area contributed by atoms with Gasteiger partial charge in [-0.15, -0.1) is 11.3 Å². The average Bonchev–Trinajstić information content (AvgIpc) is 2.83. The number of nitrogens with zero attached hydrogens (tertiary/aromatic N) is 1. The third-order valence-corrected chi connectivity index (χ3v) is 4.09. The Hall–Kier alpha value is -1.34. The van der Waals surface area contributed by atoms with E-state index in [1.165, 1.54) is 11.3 Å². The summed E-state index contributed by atoms with van der Waals surface area (Å²) < 4.78 is 0. The Morgan fingerprint density at radius 1 is 1.45 bits per heavy atom. The fourth-order valence-corrected chi connectivity index (χ4v) is 2.66. The number of benzene rings is 1. The van der Waals surface area contributed by atoms with Gasteiger partial charge in [0.15, 0.2) is 5.13 Å². The number of thiazole rings is 1. The van der Waals surface area contributed by atoms with Gasteiger partial charge >= 0.3 is 5.97 Å². The lowest BCUT2D eigenvalue weighted by atomic mass is 10.2. The van der Waals surface area contributed by atoms with Crippen LogP contribution in [-0.4, -0.2) is 16.1 Å². The van der Waals surface area contributed by atoms with Crippen molar-refractivity contribution >= 4 is 51.3 Å². The summed E-state index contributed by atoms with van der Waals surface area (Å²) in [5.74, 6) is -1.13. The van der Waals surface area contributed by atoms with Crippen LogP contribution in [0.25, 0.3) is 0 Å². The van der Waals surface area contributed by atoms with Crippen molar-refractivity contribution < 1.29 is 9.90 Å². The topological polar surface area (TPSA) is 88.2 Å². The minimum absolute atomic E-state index is 0.291. The molecule has 1 heterocycles. The Labute approximate surface area is 129 Å². The van der Waals surface area contributed by atoms with Crippen LogP contribution in [0.4, 0.5) is 10.8 Å². The Morgan fingerprint density at radius 2 is 2.15 bits per heavy atom. The van der Waals surface area contributed by atoms with Gasteiger partial charge in [-0.2, -0.15) is 0 Å². The molecule has 1 unspecified atom stereocenters. The molecule has 1 aromatic carbocycles. The number of aliphatic carboxylic acids is 1. The van der Waals surface area contributed by atoms with Gasteiger partial charge in [-0.05, 0) is 24.6 Å². The summed E-state index contributed by atoms with van der Waals surface area (Å²) in [6.07, 6.45) is 0. The standard InChI is InChI=1S/C12H11Cl2N3O2S/c1-5-2-7(14)8(3-6(5)13)16-12-17-9(4-20-12)10(15)11(18)19/h2-4,10H,15H2,1H3,(H,16,17)(H,18,19). The van der Waals surface area contributed by atoms with Gasteiger partial charge in [0.2, 0.25) is 0 Å². The van der Waals surface area contributed by atoms with Crippen LogP contribution < -0.4 is 11.1 Å². The average molecular weight is 332 g/mol. The van der Waals surface area contributed by atoms with Crippen molar-refractivity contribution in [3.63, 3.8) is 0 Å². The molecule has 0 fully saturated rings. The van der Waals surface area contributed by atoms with Crippen LogP contribution in [0.2, 0.25) is 10.0 Å². The summed E-state index contributed by atoms with van der Waals surface area (Å²) in [5, 5.41) is 15.0. The lowest BCUT2D eigenvalue weighted by molar-refractivity contribution is -0.138. The van der Waals surface area contributed by atoms with E-state index in [0.717, 1.165) is 5.56 Å². The molecule has 0 amide bonds. The SMILES string of the molecule is Cc1cc(Cl)c(Nc2nc(C(N)C(=O)O)cs2)cc1Cl. The molecule has 106 valence electrons. The number of hydrogen-bond acceptors (Lipinski definition) is 5. The first-order valence-corrected chi connectivity index (χ1v) is 7.18. The number of carboxylic acid groups (broad SMARTS) is 1. The van der Waals surface area contributed by atoms with Crippen molar-refractivity contribution in [2.45, 2.75) is 13.0 Å². The van der Waals surface area contributed by atoms with E-state index < -0.39 is 12.0 Å². The molecule has 0 saturated heterocycles. The van der Waals surface area contributed by atoms with Gasteiger partial charge in [-0.3, -0.25) is 4.79 Å². The zero-order valence-corrected chi connectivity index (χ0v) is 12.7. The number of aromatic nitrogens is 1. The number of nitrogens with one attached hydrogen (secondary N) is 1. The summed E-state index contributed by atoms with van der Waals surface area (Å²) in [7, 11) is 0. The molecule has 0 aliphatic rings. The number of carboxylic acids is 1. The Kier molecular flexibility index (Phi) is 4.49. The fraction of sp³-hybridized carbons (Fsp3) is 0.167. The predicted octanol–water partition coefficient (Wildman–Crippen LogP) is 3.59. The van der Waals surface area contributed by atoms with Crippen LogP contribution in [0.3, 0.4) is 0 Å². The highest BCUT2D eigenvalue weighted by Gasteiger charge is 2.18. The number of carbonyl (C=O) groups is 1. The third-order valence-electron chi connectivity index (χ3n) is 2.60. The molecular formula is C12H11Cl2N3O2S. The maximum Gasteiger partial charge on any atom is 0.326 e. The molecule has 5 nitrogen and oxygen atoms in total. The highest BCUT2D eigenvalue weighted by atomic mass is 35.5. The second-order valence-corrected chi connectivity index (χ2v) is 5.77. The molecule has 2 rings (SSSR count). The maximum absolute atomic E-state index is 10.8. The molecule has 1 aromatic heterocycles. The first kappa shape index (κ1) is 15.1. The van der Waals surface area contributed by atoms with Crippen LogP contribution in [0.15, 0.2) is 17.5 Å². The molecule has 0 aliphatic heterocycles. The minimum Gasteiger partial charge on any atom is -0.480 e. The van der Waals surface area contributed by atoms with E-state index in [2.05, 4.69) is 10.3 Å². The van der Waals surface area contributed by atoms with Crippen molar-refractivity contribution in [1.82, 2.24) is 4.98 Å². The number of halogens is 2. The van der Waals surface area contributed by atoms with E-state index in [1.54, 1.807) is 17.5 Å². The normalized spacial score (nSPS) is 12.2. The molecule has 0 aliphatic carbocycles. The third kappa shape index (κ3) is 3.21. The van der Waals surface area contributed by atoms with Crippen molar-refractivity contribution in [2.24, 2.45) is 5.73 Å². The zero-order valence-electron chi connectivity index (χ0n) is 10.4. The summed E-state index contributed by atoms with van der Waals surface area (Å²) >= 11 is 13.4. The number of nitrogens with two attached hydrogens (primary N) is 1. The highest BCUT2D eigenvalue weighted by molar-refractivity contribution is 7.13. The lowest BCUT2D eigenvalue weighted by Gasteiger charge is -2.08. The summed E-state index contributed by atoms with van der Waals surface area (Å²) in [4.78, 5) is 14.9. The molecule has 0 spiro atoms. The fourth-order valence-electron chi connectivity index (χ4n) is 1.47. The molecule has 4 N–H and O–H groups in total. The predicted molar refractivity (Wildman–Crippen MR) is 81.2 cm³/mol. The zero-order chi connectivity index (χ0) is 14.9. The summed E-state index contributed by atoms with van der Waals surface area (Å²) in [6, 6.07) is 2.29. The van der Waals surface area contributed by atoms with Crippen LogP contribution in [-0.2, 0) is 4.79 Å². The Bertz CT molecular complexity index is 660. The number of anilines is 2. The van der Waals surface area contributed by atoms with Gasteiger partial charge in [0, 0.05) is 10.4 Å². The van der Waals surface area contributed by atoms with E-state index >= 15 is 0 Å². The second kappa shape index (κ2) is 5.97. The smallest absolute Gasteiger partial charge is 0.326 e. The van der Waals surface area contributed by atoms with Crippen molar-refractivity contribution in [1.29, 1.82) is 0 Å². The van der Waals surface area contributed by atoms with E-state index in [0.29, 0.717) is 26.6 Å². The van der Waals surface area contributed by atoms with Gasteiger partial charge < -0.3 is 16.2 Å². The van der Waals surface area contributed by atoms with E-state index in [-0.39, 0.29) is 0 Å². The van der Waals surface area contributed by atoms with Gasteiger partial charge in [0.1, 0.15) is 6.04 Å². The van der Waals surface area contributed by atoms with Crippen molar-refractivity contribution in [3.8, 4) is 0 Å². The van der Waals surface area contributed by atoms with Gasteiger partial charge in [0.25, 0.3) is 0 Å².